The van der Waals surface area contributed by atoms with E-state index in [0.717, 1.165) is 12.8 Å². The van der Waals surface area contributed by atoms with Crippen molar-refractivity contribution in [2.75, 3.05) is 0 Å². The minimum atomic E-state index is 1.13. The van der Waals surface area contributed by atoms with Crippen LogP contribution in [0.15, 0.2) is 23.0 Å². The number of rotatable bonds is 5. The van der Waals surface area contributed by atoms with Crippen molar-refractivity contribution in [3.05, 3.63) is 23.0 Å². The summed E-state index contributed by atoms with van der Waals surface area (Å²) in [4.78, 5) is 0. The van der Waals surface area contributed by atoms with Crippen LogP contribution in [0.2, 0.25) is 0 Å². The maximum atomic E-state index is 2.16. The van der Waals surface area contributed by atoms with Gasteiger partial charge in [0.15, 0.2) is 0 Å². The van der Waals surface area contributed by atoms with Gasteiger partial charge in [0, 0.05) is 0 Å². The van der Waals surface area contributed by atoms with Crippen LogP contribution in [0.4, 0.5) is 0 Å². The van der Waals surface area contributed by atoms with E-state index >= 15 is 0 Å². The lowest BCUT2D eigenvalue weighted by Crippen LogP contribution is -1.49. The molecule has 0 saturated carbocycles. The Labute approximate surface area is 71.6 Å². The van der Waals surface area contributed by atoms with Crippen LogP contribution in [0.1, 0.15) is 26.7 Å². The molecule has 0 spiro atoms. The number of hydrogen-bond donors (Lipinski definition) is 0. The van der Waals surface area contributed by atoms with Gasteiger partial charge < -0.3 is 0 Å². The molecule has 10 heavy (non-hydrogen) atoms. The van der Waals surface area contributed by atoms with Crippen LogP contribution in [0.5, 0.6) is 0 Å². The van der Waals surface area contributed by atoms with Crippen LogP contribution >= 0.6 is 21.6 Å². The van der Waals surface area contributed by atoms with Gasteiger partial charge in [0.2, 0.25) is 0 Å². The first-order valence-corrected chi connectivity index (χ1v) is 5.81. The molecular weight excluding hydrogens is 160 g/mol. The molecule has 0 aromatic carbocycles. The molecule has 0 saturated heterocycles. The van der Waals surface area contributed by atoms with Crippen LogP contribution in [0.3, 0.4) is 0 Å². The number of hydrogen-bond acceptors (Lipinski definition) is 2. The lowest BCUT2D eigenvalue weighted by atomic mass is 10.5. The summed E-state index contributed by atoms with van der Waals surface area (Å²) < 4.78 is 0. The minimum Gasteiger partial charge on any atom is -0.0776 e. The summed E-state index contributed by atoms with van der Waals surface area (Å²) in [5.41, 5.74) is 0. The van der Waals surface area contributed by atoms with Gasteiger partial charge in [-0.3, -0.25) is 0 Å². The molecule has 2 heteroatoms. The van der Waals surface area contributed by atoms with E-state index in [1.165, 1.54) is 0 Å². The summed E-state index contributed by atoms with van der Waals surface area (Å²) in [6.07, 6.45) is 6.59. The first-order valence-electron chi connectivity index (χ1n) is 3.54. The maximum Gasteiger partial charge on any atom is -0.0218 e. The summed E-state index contributed by atoms with van der Waals surface area (Å²) in [7, 11) is 3.53. The fourth-order valence-electron chi connectivity index (χ4n) is 0.335. The first kappa shape index (κ1) is 10.2. The van der Waals surface area contributed by atoms with E-state index in [0.29, 0.717) is 0 Å². The van der Waals surface area contributed by atoms with Crippen molar-refractivity contribution in [2.45, 2.75) is 26.7 Å². The number of allylic oxidation sites excluding steroid dienone is 2. The van der Waals surface area contributed by atoms with E-state index in [2.05, 4.69) is 36.8 Å². The molecule has 0 aliphatic carbocycles. The van der Waals surface area contributed by atoms with Crippen LogP contribution in [0.25, 0.3) is 0 Å². The van der Waals surface area contributed by atoms with Gasteiger partial charge in [0.25, 0.3) is 0 Å². The molecule has 0 fully saturated rings. The summed E-state index contributed by atoms with van der Waals surface area (Å²) in [6.45, 7) is 4.28. The van der Waals surface area contributed by atoms with Crippen LogP contribution in [-0.4, -0.2) is 0 Å². The van der Waals surface area contributed by atoms with Crippen molar-refractivity contribution in [1.29, 1.82) is 0 Å². The van der Waals surface area contributed by atoms with Gasteiger partial charge in [-0.15, -0.1) is 0 Å². The SMILES string of the molecule is CCC=CSSC=CCC. The van der Waals surface area contributed by atoms with Crippen molar-refractivity contribution in [1.82, 2.24) is 0 Å². The lowest BCUT2D eigenvalue weighted by Gasteiger charge is -1.84. The van der Waals surface area contributed by atoms with Gasteiger partial charge >= 0.3 is 0 Å². The molecular formula is C8H14S2. The molecule has 0 aliphatic heterocycles. The van der Waals surface area contributed by atoms with E-state index in [9.17, 15) is 0 Å². The highest BCUT2D eigenvalue weighted by atomic mass is 33.1. The molecule has 0 rings (SSSR count). The van der Waals surface area contributed by atoms with Gasteiger partial charge in [-0.25, -0.2) is 0 Å². The zero-order chi connectivity index (χ0) is 7.66. The Balaban J connectivity index is 3.04. The third kappa shape index (κ3) is 8.18. The van der Waals surface area contributed by atoms with Crippen LogP contribution in [0, 0.1) is 0 Å². The minimum absolute atomic E-state index is 1.13. The standard InChI is InChI=1S/C8H14S2/c1-3-5-7-9-10-8-6-4-2/h5-8H,3-4H2,1-2H3. The van der Waals surface area contributed by atoms with Gasteiger partial charge in [0.05, 0.1) is 0 Å². The second-order valence-electron chi connectivity index (χ2n) is 1.75. The van der Waals surface area contributed by atoms with Gasteiger partial charge in [-0.05, 0) is 23.7 Å². The monoisotopic (exact) mass is 174 g/mol. The first-order chi connectivity index (χ1) is 4.91. The smallest absolute Gasteiger partial charge is 0.0218 e. The largest absolute Gasteiger partial charge is 0.0776 e. The maximum absolute atomic E-state index is 2.16. The van der Waals surface area contributed by atoms with Gasteiger partial charge in [-0.2, -0.15) is 0 Å². The van der Waals surface area contributed by atoms with E-state index in [1.54, 1.807) is 21.6 Å². The lowest BCUT2D eigenvalue weighted by molar-refractivity contribution is 1.23. The normalized spacial score (nSPS) is 11.8. The van der Waals surface area contributed by atoms with E-state index < -0.39 is 0 Å². The molecule has 0 aromatic rings. The predicted octanol–water partition coefficient (Wildman–Crippen LogP) is 4.22. The zero-order valence-electron chi connectivity index (χ0n) is 6.54. The molecule has 0 nitrogen and oxygen atoms in total. The molecule has 0 aliphatic rings. The Hall–Kier alpha value is 0.180. The molecule has 0 heterocycles. The Morgan fingerprint density at radius 2 is 1.30 bits per heavy atom. The second kappa shape index (κ2) is 9.18. The van der Waals surface area contributed by atoms with Crippen molar-refractivity contribution in [3.63, 3.8) is 0 Å². The van der Waals surface area contributed by atoms with E-state index in [1.807, 2.05) is 0 Å². The Kier molecular flexibility index (Phi) is 9.35. The fraction of sp³-hybridized carbons (Fsp3) is 0.500. The summed E-state index contributed by atoms with van der Waals surface area (Å²) >= 11 is 0. The highest BCUT2D eigenvalue weighted by molar-refractivity contribution is 8.78. The van der Waals surface area contributed by atoms with Crippen molar-refractivity contribution in [2.24, 2.45) is 0 Å². The van der Waals surface area contributed by atoms with Crippen molar-refractivity contribution >= 4 is 21.6 Å². The second-order valence-corrected chi connectivity index (χ2v) is 3.84. The average Bonchev–Trinajstić information content (AvgIpc) is 1.97. The van der Waals surface area contributed by atoms with E-state index in [4.69, 9.17) is 0 Å². The Morgan fingerprint density at radius 1 is 0.900 bits per heavy atom. The molecule has 0 aromatic heterocycles. The fourth-order valence-corrected chi connectivity index (χ4v) is 1.86. The van der Waals surface area contributed by atoms with E-state index in [-0.39, 0.29) is 0 Å². The molecule has 0 N–H and O–H groups in total. The van der Waals surface area contributed by atoms with Gasteiger partial charge in [-0.1, -0.05) is 47.6 Å². The quantitative estimate of drug-likeness (QED) is 0.452. The Morgan fingerprint density at radius 3 is 1.60 bits per heavy atom. The Bertz CT molecular complexity index is 91.8. The molecule has 0 radical (unpaired) electrons. The molecule has 0 atom stereocenters. The third-order valence-corrected chi connectivity index (χ3v) is 2.55. The topological polar surface area (TPSA) is 0 Å². The highest BCUT2D eigenvalue weighted by Crippen LogP contribution is 2.23. The van der Waals surface area contributed by atoms with Crippen molar-refractivity contribution in [3.8, 4) is 0 Å². The van der Waals surface area contributed by atoms with Crippen molar-refractivity contribution < 1.29 is 0 Å². The highest BCUT2D eigenvalue weighted by Gasteiger charge is 1.74. The molecule has 0 unspecified atom stereocenters. The van der Waals surface area contributed by atoms with Crippen LogP contribution in [-0.2, 0) is 0 Å². The van der Waals surface area contributed by atoms with Crippen LogP contribution < -0.4 is 0 Å². The predicted molar refractivity (Wildman–Crippen MR) is 54.0 cm³/mol. The zero-order valence-corrected chi connectivity index (χ0v) is 8.17. The summed E-state index contributed by atoms with van der Waals surface area (Å²) in [6, 6.07) is 0. The third-order valence-electron chi connectivity index (χ3n) is 0.831. The average molecular weight is 174 g/mol. The molecule has 0 amide bonds. The summed E-state index contributed by atoms with van der Waals surface area (Å²) in [5.74, 6) is 0. The summed E-state index contributed by atoms with van der Waals surface area (Å²) in [5, 5.41) is 4.26. The van der Waals surface area contributed by atoms with Gasteiger partial charge in [0.1, 0.15) is 0 Å². The molecule has 0 bridgehead atoms. The molecule has 58 valence electrons.